The quantitative estimate of drug-likeness (QED) is 0.834. The van der Waals surface area contributed by atoms with E-state index in [1.807, 2.05) is 25.2 Å². The molecule has 20 heavy (non-hydrogen) atoms. The van der Waals surface area contributed by atoms with Gasteiger partial charge in [0, 0.05) is 18.3 Å². The van der Waals surface area contributed by atoms with Crippen molar-refractivity contribution in [1.82, 2.24) is 4.90 Å². The molecule has 110 valence electrons. The lowest BCUT2D eigenvalue weighted by atomic mass is 10.1. The minimum Gasteiger partial charge on any atom is -0.329 e. The fourth-order valence-corrected chi connectivity index (χ4v) is 2.58. The Bertz CT molecular complexity index is 483. The van der Waals surface area contributed by atoms with Gasteiger partial charge in [-0.3, -0.25) is 9.69 Å². The van der Waals surface area contributed by atoms with Gasteiger partial charge < -0.3 is 11.1 Å². The van der Waals surface area contributed by atoms with E-state index in [1.165, 1.54) is 24.0 Å². The molecular formula is C16H25N3O. The second-order valence-corrected chi connectivity index (χ2v) is 5.90. The first kappa shape index (κ1) is 15.0. The number of anilines is 1. The smallest absolute Gasteiger partial charge is 0.238 e. The van der Waals surface area contributed by atoms with Gasteiger partial charge in [-0.1, -0.05) is 6.07 Å². The van der Waals surface area contributed by atoms with Gasteiger partial charge >= 0.3 is 0 Å². The van der Waals surface area contributed by atoms with Crippen molar-refractivity contribution < 1.29 is 4.79 Å². The second-order valence-electron chi connectivity index (χ2n) is 5.90. The number of carbonyl (C=O) groups is 1. The van der Waals surface area contributed by atoms with Crippen LogP contribution in [-0.2, 0) is 4.79 Å². The molecule has 1 aliphatic carbocycles. The fraction of sp³-hybridized carbons (Fsp3) is 0.562. The Morgan fingerprint density at radius 3 is 2.65 bits per heavy atom. The van der Waals surface area contributed by atoms with Crippen LogP contribution in [0.25, 0.3) is 0 Å². The molecule has 0 aromatic heterocycles. The van der Waals surface area contributed by atoms with Gasteiger partial charge in [0.15, 0.2) is 0 Å². The van der Waals surface area contributed by atoms with Crippen molar-refractivity contribution in [2.75, 3.05) is 25.5 Å². The molecule has 1 aromatic rings. The highest BCUT2D eigenvalue weighted by Gasteiger charge is 2.33. The molecular weight excluding hydrogens is 250 g/mol. The van der Waals surface area contributed by atoms with Crippen LogP contribution in [-0.4, -0.2) is 37.0 Å². The summed E-state index contributed by atoms with van der Waals surface area (Å²) in [5, 5.41) is 2.96. The molecule has 1 aromatic carbocycles. The van der Waals surface area contributed by atoms with Crippen molar-refractivity contribution in [3.63, 3.8) is 0 Å². The molecule has 0 spiro atoms. The van der Waals surface area contributed by atoms with E-state index in [-0.39, 0.29) is 5.91 Å². The summed E-state index contributed by atoms with van der Waals surface area (Å²) in [5.41, 5.74) is 9.09. The maximum atomic E-state index is 12.1. The van der Waals surface area contributed by atoms with E-state index in [0.29, 0.717) is 25.0 Å². The minimum absolute atomic E-state index is 0.0230. The second kappa shape index (κ2) is 6.37. The normalized spacial score (nSPS) is 16.2. The maximum Gasteiger partial charge on any atom is 0.238 e. The Balaban J connectivity index is 1.89. The number of nitrogens with one attached hydrogen (secondary N) is 1. The van der Waals surface area contributed by atoms with Gasteiger partial charge in [0.05, 0.1) is 6.54 Å². The Kier molecular flexibility index (Phi) is 4.78. The summed E-state index contributed by atoms with van der Waals surface area (Å²) in [4.78, 5) is 14.2. The highest BCUT2D eigenvalue weighted by molar-refractivity contribution is 5.92. The molecule has 1 unspecified atom stereocenters. The molecule has 0 aliphatic heterocycles. The van der Waals surface area contributed by atoms with Crippen molar-refractivity contribution in [1.29, 1.82) is 0 Å². The highest BCUT2D eigenvalue weighted by Crippen LogP contribution is 2.34. The Hall–Kier alpha value is -1.39. The van der Waals surface area contributed by atoms with Gasteiger partial charge in [-0.05, 0) is 62.9 Å². The summed E-state index contributed by atoms with van der Waals surface area (Å²) in [7, 11) is 1.98. The van der Waals surface area contributed by atoms with Crippen LogP contribution in [0, 0.1) is 19.8 Å². The molecule has 1 aliphatic rings. The first-order valence-corrected chi connectivity index (χ1v) is 7.28. The van der Waals surface area contributed by atoms with Gasteiger partial charge in [0.1, 0.15) is 0 Å². The summed E-state index contributed by atoms with van der Waals surface area (Å²) in [5.74, 6) is 0.703. The molecule has 1 atom stereocenters. The number of nitrogens with two attached hydrogens (primary N) is 1. The van der Waals surface area contributed by atoms with Gasteiger partial charge in [0.25, 0.3) is 0 Å². The number of likely N-dealkylation sites (N-methyl/N-ethyl adjacent to an activating group) is 1. The average molecular weight is 275 g/mol. The zero-order valence-corrected chi connectivity index (χ0v) is 12.6. The van der Waals surface area contributed by atoms with Gasteiger partial charge in [-0.15, -0.1) is 0 Å². The van der Waals surface area contributed by atoms with E-state index in [4.69, 9.17) is 5.73 Å². The largest absolute Gasteiger partial charge is 0.329 e. The average Bonchev–Trinajstić information content (AvgIpc) is 3.19. The number of aryl methyl sites for hydroxylation is 2. The number of hydrogen-bond donors (Lipinski definition) is 2. The Labute approximate surface area is 121 Å². The van der Waals surface area contributed by atoms with E-state index in [1.54, 1.807) is 0 Å². The first-order chi connectivity index (χ1) is 9.51. The third-order valence-corrected chi connectivity index (χ3v) is 4.16. The summed E-state index contributed by atoms with van der Waals surface area (Å²) in [6, 6.07) is 6.32. The van der Waals surface area contributed by atoms with Crippen molar-refractivity contribution in [2.24, 2.45) is 11.7 Å². The molecule has 0 saturated heterocycles. The molecule has 0 radical (unpaired) electrons. The lowest BCUT2D eigenvalue weighted by molar-refractivity contribution is -0.117. The van der Waals surface area contributed by atoms with E-state index in [9.17, 15) is 4.79 Å². The zero-order chi connectivity index (χ0) is 14.7. The third-order valence-electron chi connectivity index (χ3n) is 4.16. The van der Waals surface area contributed by atoms with Crippen LogP contribution in [0.5, 0.6) is 0 Å². The SMILES string of the molecule is Cc1ccc(NC(=O)CN(C)C(CN)C2CC2)cc1C. The molecule has 1 fully saturated rings. The Morgan fingerprint density at radius 1 is 1.40 bits per heavy atom. The summed E-state index contributed by atoms with van der Waals surface area (Å²) >= 11 is 0. The van der Waals surface area contributed by atoms with Crippen LogP contribution < -0.4 is 11.1 Å². The predicted octanol–water partition coefficient (Wildman–Crippen LogP) is 1.91. The monoisotopic (exact) mass is 275 g/mol. The van der Waals surface area contributed by atoms with Crippen LogP contribution in [0.1, 0.15) is 24.0 Å². The van der Waals surface area contributed by atoms with E-state index < -0.39 is 0 Å². The lowest BCUT2D eigenvalue weighted by Crippen LogP contribution is -2.43. The van der Waals surface area contributed by atoms with Crippen molar-refractivity contribution in [2.45, 2.75) is 32.7 Å². The lowest BCUT2D eigenvalue weighted by Gasteiger charge is -2.26. The number of carbonyl (C=O) groups excluding carboxylic acids is 1. The number of hydrogen-bond acceptors (Lipinski definition) is 3. The van der Waals surface area contributed by atoms with Crippen molar-refractivity contribution in [3.05, 3.63) is 29.3 Å². The molecule has 4 heteroatoms. The number of benzene rings is 1. The van der Waals surface area contributed by atoms with Crippen LogP contribution in [0.4, 0.5) is 5.69 Å². The molecule has 1 saturated carbocycles. The van der Waals surface area contributed by atoms with Gasteiger partial charge in [0.2, 0.25) is 5.91 Å². The molecule has 1 amide bonds. The van der Waals surface area contributed by atoms with Gasteiger partial charge in [-0.2, -0.15) is 0 Å². The summed E-state index contributed by atoms with van der Waals surface area (Å²) in [6.07, 6.45) is 2.48. The minimum atomic E-state index is 0.0230. The van der Waals surface area contributed by atoms with Crippen molar-refractivity contribution >= 4 is 11.6 Å². The van der Waals surface area contributed by atoms with E-state index in [0.717, 1.165) is 5.69 Å². The summed E-state index contributed by atoms with van der Waals surface area (Å²) in [6.45, 7) is 5.13. The van der Waals surface area contributed by atoms with Crippen LogP contribution in [0.2, 0.25) is 0 Å². The van der Waals surface area contributed by atoms with Crippen LogP contribution in [0.15, 0.2) is 18.2 Å². The maximum absolute atomic E-state index is 12.1. The topological polar surface area (TPSA) is 58.4 Å². The molecule has 0 bridgehead atoms. The van der Waals surface area contributed by atoms with E-state index >= 15 is 0 Å². The zero-order valence-electron chi connectivity index (χ0n) is 12.6. The fourth-order valence-electron chi connectivity index (χ4n) is 2.58. The summed E-state index contributed by atoms with van der Waals surface area (Å²) < 4.78 is 0. The number of rotatable bonds is 6. The third kappa shape index (κ3) is 3.81. The first-order valence-electron chi connectivity index (χ1n) is 7.28. The van der Waals surface area contributed by atoms with Crippen molar-refractivity contribution in [3.8, 4) is 0 Å². The molecule has 3 N–H and O–H groups in total. The highest BCUT2D eigenvalue weighted by atomic mass is 16.2. The standard InChI is InChI=1S/C16H25N3O/c1-11-4-7-14(8-12(11)2)18-16(20)10-19(3)15(9-17)13-5-6-13/h4,7-8,13,15H,5-6,9-10,17H2,1-3H3,(H,18,20). The molecule has 0 heterocycles. The number of nitrogens with zero attached hydrogens (tertiary/aromatic N) is 1. The Morgan fingerprint density at radius 2 is 2.10 bits per heavy atom. The van der Waals surface area contributed by atoms with Crippen LogP contribution in [0.3, 0.4) is 0 Å². The number of amides is 1. The molecule has 4 nitrogen and oxygen atoms in total. The predicted molar refractivity (Wildman–Crippen MR) is 82.7 cm³/mol. The van der Waals surface area contributed by atoms with Crippen LogP contribution >= 0.6 is 0 Å². The van der Waals surface area contributed by atoms with Gasteiger partial charge in [-0.25, -0.2) is 0 Å². The van der Waals surface area contributed by atoms with E-state index in [2.05, 4.69) is 24.1 Å². The molecule has 2 rings (SSSR count).